The van der Waals surface area contributed by atoms with Crippen LogP contribution in [0.15, 0.2) is 0 Å². The molecule has 0 aliphatic carbocycles. The lowest BCUT2D eigenvalue weighted by molar-refractivity contribution is -0.108. The van der Waals surface area contributed by atoms with Crippen molar-refractivity contribution < 1.29 is 4.79 Å². The number of hydrogen-bond acceptors (Lipinski definition) is 1. The van der Waals surface area contributed by atoms with Crippen LogP contribution < -0.4 is 0 Å². The minimum atomic E-state index is 0.745. The van der Waals surface area contributed by atoms with Crippen molar-refractivity contribution in [3.63, 3.8) is 0 Å². The van der Waals surface area contributed by atoms with Crippen molar-refractivity contribution >= 4 is 6.29 Å². The van der Waals surface area contributed by atoms with Crippen LogP contribution in [-0.4, -0.2) is 6.29 Å². The Morgan fingerprint density at radius 2 is 1.92 bits per heavy atom. The van der Waals surface area contributed by atoms with E-state index in [-0.39, 0.29) is 0 Å². The molecule has 0 saturated carbocycles. The normalized spacial score (nSPS) is 15.6. The van der Waals surface area contributed by atoms with Gasteiger partial charge in [0.05, 0.1) is 0 Å². The zero-order chi connectivity index (χ0) is 9.40. The van der Waals surface area contributed by atoms with Crippen LogP contribution in [0.5, 0.6) is 0 Å². The standard InChI is InChI=1S/C11H22O/c1-4-7-11(8-6-9-12)10(3)5-2/h9-11H,4-8H2,1-3H3. The van der Waals surface area contributed by atoms with Gasteiger partial charge in [0, 0.05) is 6.42 Å². The smallest absolute Gasteiger partial charge is 0.120 e. The zero-order valence-corrected chi connectivity index (χ0v) is 8.68. The number of rotatable bonds is 7. The third kappa shape index (κ3) is 4.53. The van der Waals surface area contributed by atoms with Crippen LogP contribution in [0.25, 0.3) is 0 Å². The van der Waals surface area contributed by atoms with Gasteiger partial charge in [-0.05, 0) is 18.3 Å². The van der Waals surface area contributed by atoms with Crippen molar-refractivity contribution in [3.05, 3.63) is 0 Å². The highest BCUT2D eigenvalue weighted by Crippen LogP contribution is 2.24. The average molecular weight is 170 g/mol. The second-order valence-electron chi connectivity index (χ2n) is 3.68. The third-order valence-corrected chi connectivity index (χ3v) is 2.76. The van der Waals surface area contributed by atoms with Gasteiger partial charge in [-0.25, -0.2) is 0 Å². The monoisotopic (exact) mass is 170 g/mol. The highest BCUT2D eigenvalue weighted by atomic mass is 16.1. The van der Waals surface area contributed by atoms with E-state index in [0.717, 1.165) is 31.0 Å². The van der Waals surface area contributed by atoms with Gasteiger partial charge in [0.2, 0.25) is 0 Å². The number of carbonyl (C=O) groups is 1. The molecule has 0 spiro atoms. The molecule has 1 heteroatoms. The van der Waals surface area contributed by atoms with Crippen molar-refractivity contribution in [1.29, 1.82) is 0 Å². The molecule has 0 heterocycles. The predicted molar refractivity (Wildman–Crippen MR) is 53.2 cm³/mol. The molecule has 0 amide bonds. The van der Waals surface area contributed by atoms with Gasteiger partial charge in [0.15, 0.2) is 0 Å². The van der Waals surface area contributed by atoms with Crippen LogP contribution in [0.1, 0.15) is 52.9 Å². The third-order valence-electron chi connectivity index (χ3n) is 2.76. The second kappa shape index (κ2) is 7.33. The van der Waals surface area contributed by atoms with Crippen LogP contribution in [0.3, 0.4) is 0 Å². The molecular formula is C11H22O. The molecule has 0 aromatic carbocycles. The molecule has 0 rings (SSSR count). The Kier molecular flexibility index (Phi) is 7.12. The fourth-order valence-electron chi connectivity index (χ4n) is 1.70. The van der Waals surface area contributed by atoms with Crippen LogP contribution in [0.4, 0.5) is 0 Å². The van der Waals surface area contributed by atoms with Crippen LogP contribution in [0.2, 0.25) is 0 Å². The minimum Gasteiger partial charge on any atom is -0.303 e. The highest BCUT2D eigenvalue weighted by Gasteiger charge is 2.13. The molecule has 12 heavy (non-hydrogen) atoms. The summed E-state index contributed by atoms with van der Waals surface area (Å²) in [5, 5.41) is 0. The molecule has 0 fully saturated rings. The fraction of sp³-hybridized carbons (Fsp3) is 0.909. The van der Waals surface area contributed by atoms with Crippen molar-refractivity contribution in [3.8, 4) is 0 Å². The number of carbonyl (C=O) groups excluding carboxylic acids is 1. The zero-order valence-electron chi connectivity index (χ0n) is 8.68. The van der Waals surface area contributed by atoms with E-state index in [1.54, 1.807) is 0 Å². The Bertz CT molecular complexity index is 110. The summed E-state index contributed by atoms with van der Waals surface area (Å²) in [5.41, 5.74) is 0. The average Bonchev–Trinajstić information content (AvgIpc) is 2.11. The van der Waals surface area contributed by atoms with Crippen molar-refractivity contribution in [2.45, 2.75) is 52.9 Å². The maximum atomic E-state index is 10.2. The topological polar surface area (TPSA) is 17.1 Å². The SMILES string of the molecule is CCCC(CCC=O)C(C)CC. The van der Waals surface area contributed by atoms with Crippen molar-refractivity contribution in [2.75, 3.05) is 0 Å². The molecule has 0 N–H and O–H groups in total. The quantitative estimate of drug-likeness (QED) is 0.535. The first-order valence-electron chi connectivity index (χ1n) is 5.19. The molecule has 0 saturated heterocycles. The number of aldehydes is 1. The Labute approximate surface area is 76.6 Å². The van der Waals surface area contributed by atoms with E-state index in [1.165, 1.54) is 19.3 Å². The summed E-state index contributed by atoms with van der Waals surface area (Å²) >= 11 is 0. The van der Waals surface area contributed by atoms with E-state index in [4.69, 9.17) is 0 Å². The first-order chi connectivity index (χ1) is 5.76. The Balaban J connectivity index is 3.75. The van der Waals surface area contributed by atoms with Gasteiger partial charge in [-0.3, -0.25) is 0 Å². The fourth-order valence-corrected chi connectivity index (χ4v) is 1.70. The summed E-state index contributed by atoms with van der Waals surface area (Å²) in [5.74, 6) is 1.55. The van der Waals surface area contributed by atoms with Crippen molar-refractivity contribution in [2.24, 2.45) is 11.8 Å². The van der Waals surface area contributed by atoms with E-state index >= 15 is 0 Å². The molecule has 0 aromatic heterocycles. The van der Waals surface area contributed by atoms with Crippen molar-refractivity contribution in [1.82, 2.24) is 0 Å². The summed E-state index contributed by atoms with van der Waals surface area (Å²) in [6, 6.07) is 0. The van der Waals surface area contributed by atoms with E-state index in [2.05, 4.69) is 20.8 Å². The van der Waals surface area contributed by atoms with E-state index < -0.39 is 0 Å². The molecule has 1 nitrogen and oxygen atoms in total. The largest absolute Gasteiger partial charge is 0.303 e. The Morgan fingerprint density at radius 1 is 1.25 bits per heavy atom. The number of hydrogen-bond donors (Lipinski definition) is 0. The molecule has 0 aliphatic heterocycles. The molecular weight excluding hydrogens is 148 g/mol. The molecule has 2 unspecified atom stereocenters. The van der Waals surface area contributed by atoms with Crippen LogP contribution >= 0.6 is 0 Å². The Hall–Kier alpha value is -0.330. The van der Waals surface area contributed by atoms with Gasteiger partial charge in [-0.2, -0.15) is 0 Å². The summed E-state index contributed by atoms with van der Waals surface area (Å²) < 4.78 is 0. The highest BCUT2D eigenvalue weighted by molar-refractivity contribution is 5.49. The molecule has 0 bridgehead atoms. The molecule has 0 aliphatic rings. The molecule has 0 radical (unpaired) electrons. The van der Waals surface area contributed by atoms with Gasteiger partial charge in [0.1, 0.15) is 6.29 Å². The maximum Gasteiger partial charge on any atom is 0.120 e. The van der Waals surface area contributed by atoms with Gasteiger partial charge in [0.25, 0.3) is 0 Å². The summed E-state index contributed by atoms with van der Waals surface area (Å²) in [4.78, 5) is 10.2. The lowest BCUT2D eigenvalue weighted by Gasteiger charge is -2.21. The van der Waals surface area contributed by atoms with Gasteiger partial charge in [-0.1, -0.05) is 40.0 Å². The van der Waals surface area contributed by atoms with Gasteiger partial charge < -0.3 is 4.79 Å². The van der Waals surface area contributed by atoms with Gasteiger partial charge in [-0.15, -0.1) is 0 Å². The maximum absolute atomic E-state index is 10.2. The van der Waals surface area contributed by atoms with E-state index in [1.807, 2.05) is 0 Å². The lowest BCUT2D eigenvalue weighted by Crippen LogP contribution is -2.10. The van der Waals surface area contributed by atoms with E-state index in [0.29, 0.717) is 0 Å². The van der Waals surface area contributed by atoms with Crippen LogP contribution in [0, 0.1) is 11.8 Å². The predicted octanol–water partition coefficient (Wildman–Crippen LogP) is 3.43. The Morgan fingerprint density at radius 3 is 2.33 bits per heavy atom. The molecule has 72 valence electrons. The van der Waals surface area contributed by atoms with Gasteiger partial charge >= 0.3 is 0 Å². The summed E-state index contributed by atoms with van der Waals surface area (Å²) in [7, 11) is 0. The second-order valence-corrected chi connectivity index (χ2v) is 3.68. The molecule has 0 aromatic rings. The summed E-state index contributed by atoms with van der Waals surface area (Å²) in [6.45, 7) is 6.75. The minimum absolute atomic E-state index is 0.745. The van der Waals surface area contributed by atoms with E-state index in [9.17, 15) is 4.79 Å². The first kappa shape index (κ1) is 11.7. The summed E-state index contributed by atoms with van der Waals surface area (Å²) in [6.07, 6.45) is 6.65. The van der Waals surface area contributed by atoms with Crippen LogP contribution in [-0.2, 0) is 4.79 Å². The lowest BCUT2D eigenvalue weighted by atomic mass is 9.85. The first-order valence-corrected chi connectivity index (χ1v) is 5.19. The molecule has 2 atom stereocenters.